The number of carboxylic acid groups (broad SMARTS) is 1. The number of hydrogen-bond donors (Lipinski definition) is 1. The third-order valence-electron chi connectivity index (χ3n) is 2.99. The summed E-state index contributed by atoms with van der Waals surface area (Å²) in [6, 6.07) is 5.98. The van der Waals surface area contributed by atoms with Gasteiger partial charge in [-0.1, -0.05) is 22.0 Å². The zero-order chi connectivity index (χ0) is 14.8. The van der Waals surface area contributed by atoms with Crippen LogP contribution in [0.1, 0.15) is 6.42 Å². The van der Waals surface area contributed by atoms with E-state index < -0.39 is 22.0 Å². The summed E-state index contributed by atoms with van der Waals surface area (Å²) in [6.45, 7) is 0.345. The van der Waals surface area contributed by atoms with E-state index in [0.717, 1.165) is 0 Å². The molecular weight excluding hydrogens is 366 g/mol. The highest BCUT2D eigenvalue weighted by Gasteiger charge is 2.34. The fourth-order valence-corrected chi connectivity index (χ4v) is 5.57. The molecule has 1 N–H and O–H groups in total. The molecular formula is C12H14BrNO4S2. The van der Waals surface area contributed by atoms with E-state index in [-0.39, 0.29) is 11.3 Å². The van der Waals surface area contributed by atoms with Crippen LogP contribution in [-0.4, -0.2) is 47.9 Å². The van der Waals surface area contributed by atoms with Crippen LogP contribution in [0, 0.1) is 0 Å². The van der Waals surface area contributed by atoms with E-state index in [4.69, 9.17) is 5.11 Å². The Morgan fingerprint density at radius 2 is 2.25 bits per heavy atom. The summed E-state index contributed by atoms with van der Waals surface area (Å²) in [6.07, 6.45) is -0.166. The second-order valence-electron chi connectivity index (χ2n) is 4.40. The molecule has 110 valence electrons. The van der Waals surface area contributed by atoms with Crippen molar-refractivity contribution in [2.75, 3.05) is 18.1 Å². The maximum atomic E-state index is 12.6. The number of hydrogen-bond acceptors (Lipinski definition) is 4. The van der Waals surface area contributed by atoms with Crippen LogP contribution in [0.5, 0.6) is 0 Å². The van der Waals surface area contributed by atoms with Crippen molar-refractivity contribution in [2.45, 2.75) is 17.4 Å². The normalized spacial score (nSPS) is 20.8. The third kappa shape index (κ3) is 3.55. The monoisotopic (exact) mass is 379 g/mol. The van der Waals surface area contributed by atoms with E-state index in [1.807, 2.05) is 0 Å². The minimum Gasteiger partial charge on any atom is -0.481 e. The summed E-state index contributed by atoms with van der Waals surface area (Å²) in [5.74, 6) is 0.218. The average molecular weight is 380 g/mol. The van der Waals surface area contributed by atoms with Crippen LogP contribution in [0.25, 0.3) is 0 Å². The van der Waals surface area contributed by atoms with Crippen LogP contribution in [0.2, 0.25) is 0 Å². The summed E-state index contributed by atoms with van der Waals surface area (Å²) < 4.78 is 27.3. The molecule has 1 aromatic rings. The average Bonchev–Trinajstić information content (AvgIpc) is 2.38. The van der Waals surface area contributed by atoms with E-state index in [1.165, 1.54) is 16.4 Å². The first-order valence-corrected chi connectivity index (χ1v) is 9.37. The maximum Gasteiger partial charge on any atom is 0.305 e. The first-order valence-electron chi connectivity index (χ1n) is 5.98. The summed E-state index contributed by atoms with van der Waals surface area (Å²) in [5.41, 5.74) is 0. The lowest BCUT2D eigenvalue weighted by molar-refractivity contribution is -0.137. The Hall–Kier alpha value is -0.570. The Labute approximate surface area is 130 Å². The molecule has 1 fully saturated rings. The number of benzene rings is 1. The Bertz CT molecular complexity index is 605. The number of thioether (sulfide) groups is 1. The number of carbonyl (C=O) groups is 1. The predicted molar refractivity (Wildman–Crippen MR) is 81.4 cm³/mol. The van der Waals surface area contributed by atoms with Gasteiger partial charge in [0.1, 0.15) is 0 Å². The lowest BCUT2D eigenvalue weighted by Gasteiger charge is -2.33. The topological polar surface area (TPSA) is 74.7 Å². The van der Waals surface area contributed by atoms with E-state index in [1.54, 1.807) is 23.9 Å². The Kier molecular flexibility index (Phi) is 5.11. The third-order valence-corrected chi connectivity index (χ3v) is 6.52. The van der Waals surface area contributed by atoms with Gasteiger partial charge in [0.15, 0.2) is 0 Å². The molecule has 1 saturated heterocycles. The summed E-state index contributed by atoms with van der Waals surface area (Å²) in [4.78, 5) is 11.1. The molecule has 0 saturated carbocycles. The van der Waals surface area contributed by atoms with Gasteiger partial charge in [-0.25, -0.2) is 8.42 Å². The van der Waals surface area contributed by atoms with Crippen LogP contribution < -0.4 is 0 Å². The Morgan fingerprint density at radius 3 is 2.90 bits per heavy atom. The first kappa shape index (κ1) is 15.8. The van der Waals surface area contributed by atoms with Crippen LogP contribution in [0.15, 0.2) is 33.6 Å². The molecule has 5 nitrogen and oxygen atoms in total. The van der Waals surface area contributed by atoms with Gasteiger partial charge in [-0.05, 0) is 18.2 Å². The number of nitrogens with zero attached hydrogens (tertiary/aromatic N) is 1. The van der Waals surface area contributed by atoms with Crippen LogP contribution >= 0.6 is 27.7 Å². The van der Waals surface area contributed by atoms with Crippen LogP contribution in [-0.2, 0) is 14.8 Å². The zero-order valence-corrected chi connectivity index (χ0v) is 13.7. The molecule has 1 unspecified atom stereocenters. The van der Waals surface area contributed by atoms with Gasteiger partial charge >= 0.3 is 5.97 Å². The van der Waals surface area contributed by atoms with Crippen molar-refractivity contribution in [1.82, 2.24) is 4.31 Å². The lowest BCUT2D eigenvalue weighted by Crippen LogP contribution is -2.46. The largest absolute Gasteiger partial charge is 0.481 e. The molecule has 1 atom stereocenters. The predicted octanol–water partition coefficient (Wildman–Crippen LogP) is 2.03. The smallest absolute Gasteiger partial charge is 0.305 e. The van der Waals surface area contributed by atoms with Gasteiger partial charge in [0, 0.05) is 28.6 Å². The van der Waals surface area contributed by atoms with Crippen molar-refractivity contribution < 1.29 is 18.3 Å². The fraction of sp³-hybridized carbons (Fsp3) is 0.417. The van der Waals surface area contributed by atoms with E-state index >= 15 is 0 Å². The van der Waals surface area contributed by atoms with Gasteiger partial charge in [-0.2, -0.15) is 16.1 Å². The second kappa shape index (κ2) is 6.46. The van der Waals surface area contributed by atoms with Gasteiger partial charge in [0.25, 0.3) is 0 Å². The minimum atomic E-state index is -3.65. The fourth-order valence-electron chi connectivity index (χ4n) is 2.08. The molecule has 0 aromatic heterocycles. The maximum absolute atomic E-state index is 12.6. The highest BCUT2D eigenvalue weighted by Crippen LogP contribution is 2.27. The van der Waals surface area contributed by atoms with Crippen LogP contribution in [0.3, 0.4) is 0 Å². The number of carboxylic acids is 1. The summed E-state index contributed by atoms with van der Waals surface area (Å²) >= 11 is 4.84. The van der Waals surface area contributed by atoms with E-state index in [0.29, 0.717) is 22.5 Å². The van der Waals surface area contributed by atoms with Crippen LogP contribution in [0.4, 0.5) is 0 Å². The van der Waals surface area contributed by atoms with Gasteiger partial charge in [0.05, 0.1) is 11.3 Å². The standard InChI is InChI=1S/C12H14BrNO4S2/c13-9-2-1-3-11(6-9)20(17,18)14-4-5-19-8-10(14)7-12(15)16/h1-3,6,10H,4-5,7-8H2,(H,15,16). The molecule has 1 aliphatic rings. The van der Waals surface area contributed by atoms with Crippen molar-refractivity contribution in [3.05, 3.63) is 28.7 Å². The van der Waals surface area contributed by atoms with Crippen molar-refractivity contribution in [3.8, 4) is 0 Å². The molecule has 2 rings (SSSR count). The van der Waals surface area contributed by atoms with Crippen molar-refractivity contribution in [1.29, 1.82) is 0 Å². The first-order chi connectivity index (χ1) is 9.41. The Morgan fingerprint density at radius 1 is 1.50 bits per heavy atom. The van der Waals surface area contributed by atoms with E-state index in [9.17, 15) is 13.2 Å². The van der Waals surface area contributed by atoms with Gasteiger partial charge < -0.3 is 5.11 Å². The lowest BCUT2D eigenvalue weighted by atomic mass is 10.2. The SMILES string of the molecule is O=C(O)CC1CSCCN1S(=O)(=O)c1cccc(Br)c1. The number of rotatable bonds is 4. The highest BCUT2D eigenvalue weighted by molar-refractivity contribution is 9.10. The summed E-state index contributed by atoms with van der Waals surface area (Å²) in [7, 11) is -3.65. The minimum absolute atomic E-state index is 0.166. The van der Waals surface area contributed by atoms with Crippen molar-refractivity contribution in [3.63, 3.8) is 0 Å². The van der Waals surface area contributed by atoms with Crippen molar-refractivity contribution in [2.24, 2.45) is 0 Å². The van der Waals surface area contributed by atoms with Gasteiger partial charge in [-0.3, -0.25) is 4.79 Å². The molecule has 0 radical (unpaired) electrons. The van der Waals surface area contributed by atoms with E-state index in [2.05, 4.69) is 15.9 Å². The Balaban J connectivity index is 2.33. The molecule has 8 heteroatoms. The molecule has 0 bridgehead atoms. The molecule has 1 heterocycles. The number of sulfonamides is 1. The van der Waals surface area contributed by atoms with Crippen molar-refractivity contribution >= 4 is 43.7 Å². The van der Waals surface area contributed by atoms with Gasteiger partial charge in [0.2, 0.25) is 10.0 Å². The molecule has 0 amide bonds. The van der Waals surface area contributed by atoms with Gasteiger partial charge in [-0.15, -0.1) is 0 Å². The molecule has 1 aromatic carbocycles. The molecule has 0 aliphatic carbocycles. The quantitative estimate of drug-likeness (QED) is 0.865. The number of aliphatic carboxylic acids is 1. The second-order valence-corrected chi connectivity index (χ2v) is 8.36. The molecule has 1 aliphatic heterocycles. The molecule has 0 spiro atoms. The highest BCUT2D eigenvalue weighted by atomic mass is 79.9. The zero-order valence-electron chi connectivity index (χ0n) is 10.5. The summed E-state index contributed by atoms with van der Waals surface area (Å²) in [5, 5.41) is 8.93. The number of halogens is 1. The molecule has 20 heavy (non-hydrogen) atoms.